The van der Waals surface area contributed by atoms with Gasteiger partial charge in [-0.15, -0.1) is 11.3 Å². The number of carbonyl (C=O) groups excluding carboxylic acids is 3. The fourth-order valence-electron chi connectivity index (χ4n) is 4.78. The number of benzene rings is 1. The minimum atomic E-state index is -0.176. The van der Waals surface area contributed by atoms with Crippen LogP contribution < -0.4 is 10.2 Å². The van der Waals surface area contributed by atoms with Gasteiger partial charge in [0.2, 0.25) is 5.91 Å². The summed E-state index contributed by atoms with van der Waals surface area (Å²) in [6.45, 7) is 5.01. The average Bonchev–Trinajstić information content (AvgIpc) is 3.35. The van der Waals surface area contributed by atoms with Crippen LogP contribution in [-0.2, 0) is 9.59 Å². The van der Waals surface area contributed by atoms with Crippen molar-refractivity contribution in [2.45, 2.75) is 64.2 Å². The highest BCUT2D eigenvalue weighted by atomic mass is 32.1. The Hall–Kier alpha value is -2.74. The van der Waals surface area contributed by atoms with Crippen molar-refractivity contribution in [3.63, 3.8) is 0 Å². The maximum Gasteiger partial charge on any atom is 0.275 e. The third-order valence-electron chi connectivity index (χ3n) is 6.72. The highest BCUT2D eigenvalue weighted by Gasteiger charge is 2.26. The number of carbonyl (C=O) groups is 3. The molecule has 1 aromatic heterocycles. The molecule has 7 nitrogen and oxygen atoms in total. The summed E-state index contributed by atoms with van der Waals surface area (Å²) in [5.41, 5.74) is 2.36. The predicted octanol–water partition coefficient (Wildman–Crippen LogP) is 4.85. The number of ketones is 1. The third-order valence-corrected chi connectivity index (χ3v) is 7.73. The molecule has 8 heteroatoms. The van der Waals surface area contributed by atoms with Gasteiger partial charge in [-0.3, -0.25) is 9.59 Å². The molecule has 0 unspecified atom stereocenters. The number of nitrogens with zero attached hydrogens (tertiary/aromatic N) is 3. The van der Waals surface area contributed by atoms with Gasteiger partial charge in [0.25, 0.3) is 5.91 Å². The zero-order valence-electron chi connectivity index (χ0n) is 19.9. The van der Waals surface area contributed by atoms with Crippen molar-refractivity contribution in [3.05, 3.63) is 40.3 Å². The number of piperidine rings is 2. The quantitative estimate of drug-likeness (QED) is 0.582. The molecular weight excluding hydrogens is 448 g/mol. The number of hydrogen-bond donors (Lipinski definition) is 1. The van der Waals surface area contributed by atoms with E-state index in [-0.39, 0.29) is 23.5 Å². The minimum Gasteiger partial charge on any atom is -0.370 e. The van der Waals surface area contributed by atoms with E-state index >= 15 is 0 Å². The normalized spacial score (nSPS) is 17.0. The molecule has 1 aromatic carbocycles. The molecule has 0 aliphatic carbocycles. The summed E-state index contributed by atoms with van der Waals surface area (Å²) >= 11 is 1.53. The Bertz CT molecular complexity index is 1010. The highest BCUT2D eigenvalue weighted by Crippen LogP contribution is 2.32. The van der Waals surface area contributed by atoms with Gasteiger partial charge in [-0.2, -0.15) is 0 Å². The number of Topliss-reactive ketones (excluding diaryl/α,β-unsaturated/α-hetero) is 1. The maximum absolute atomic E-state index is 13.0. The molecule has 0 saturated carbocycles. The molecule has 1 N–H and O–H groups in total. The van der Waals surface area contributed by atoms with Crippen LogP contribution in [0.3, 0.4) is 0 Å². The van der Waals surface area contributed by atoms with Crippen molar-refractivity contribution in [2.75, 3.05) is 36.4 Å². The largest absolute Gasteiger partial charge is 0.370 e. The smallest absolute Gasteiger partial charge is 0.275 e. The molecule has 4 rings (SSSR count). The molecule has 3 heterocycles. The number of anilines is 2. The molecule has 0 radical (unpaired) electrons. The maximum atomic E-state index is 13.0. The van der Waals surface area contributed by atoms with Crippen LogP contribution in [0.2, 0.25) is 0 Å². The second kappa shape index (κ2) is 11.6. The summed E-state index contributed by atoms with van der Waals surface area (Å²) in [7, 11) is 0. The van der Waals surface area contributed by atoms with Crippen LogP contribution in [0.1, 0.15) is 79.7 Å². The lowest BCUT2D eigenvalue weighted by Crippen LogP contribution is -2.37. The van der Waals surface area contributed by atoms with Crippen molar-refractivity contribution in [1.82, 2.24) is 9.88 Å². The second-order valence-electron chi connectivity index (χ2n) is 9.30. The molecule has 0 bridgehead atoms. The summed E-state index contributed by atoms with van der Waals surface area (Å²) in [5, 5.41) is 5.89. The van der Waals surface area contributed by atoms with Gasteiger partial charge in [0.05, 0.1) is 16.4 Å². The number of rotatable bonds is 8. The van der Waals surface area contributed by atoms with Crippen molar-refractivity contribution in [3.8, 4) is 0 Å². The highest BCUT2D eigenvalue weighted by molar-refractivity contribution is 7.10. The first-order valence-electron chi connectivity index (χ1n) is 12.4. The van der Waals surface area contributed by atoms with Crippen LogP contribution in [0.4, 0.5) is 11.4 Å². The lowest BCUT2D eigenvalue weighted by molar-refractivity contribution is -0.132. The zero-order chi connectivity index (χ0) is 23.9. The Morgan fingerprint density at radius 2 is 1.76 bits per heavy atom. The number of aromatic nitrogens is 1. The van der Waals surface area contributed by atoms with Crippen LogP contribution in [0, 0.1) is 0 Å². The second-order valence-corrected chi connectivity index (χ2v) is 10.2. The lowest BCUT2D eigenvalue weighted by atomic mass is 9.97. The molecule has 2 aliphatic rings. The summed E-state index contributed by atoms with van der Waals surface area (Å²) in [6.07, 6.45) is 6.86. The van der Waals surface area contributed by atoms with Crippen molar-refractivity contribution in [2.24, 2.45) is 0 Å². The van der Waals surface area contributed by atoms with Gasteiger partial charge in [0.1, 0.15) is 11.5 Å². The van der Waals surface area contributed by atoms with Gasteiger partial charge >= 0.3 is 0 Å². The Labute approximate surface area is 205 Å². The van der Waals surface area contributed by atoms with Gasteiger partial charge in [-0.25, -0.2) is 4.98 Å². The van der Waals surface area contributed by atoms with E-state index in [1.165, 1.54) is 30.6 Å². The third kappa shape index (κ3) is 6.23. The first-order chi connectivity index (χ1) is 16.5. The first-order valence-corrected chi connectivity index (χ1v) is 13.3. The number of hydrogen-bond acceptors (Lipinski definition) is 6. The van der Waals surface area contributed by atoms with Crippen molar-refractivity contribution < 1.29 is 14.4 Å². The van der Waals surface area contributed by atoms with E-state index in [0.717, 1.165) is 42.3 Å². The predicted molar refractivity (Wildman–Crippen MR) is 136 cm³/mol. The molecule has 2 saturated heterocycles. The SMILES string of the molecule is CC(=O)CCCC(=O)N1CCC(c2nc(C(=O)Nc3ccccc3N3CCCCC3)cs2)CC1. The van der Waals surface area contributed by atoms with E-state index < -0.39 is 0 Å². The Balaban J connectivity index is 1.31. The summed E-state index contributed by atoms with van der Waals surface area (Å²) in [6, 6.07) is 7.99. The Kier molecular flexibility index (Phi) is 8.32. The molecular formula is C26H34N4O3S. The lowest BCUT2D eigenvalue weighted by Gasteiger charge is -2.31. The molecule has 2 aromatic rings. The molecule has 34 heavy (non-hydrogen) atoms. The number of likely N-dealkylation sites (tertiary alicyclic amines) is 1. The molecule has 0 spiro atoms. The minimum absolute atomic E-state index is 0.130. The number of thiazole rings is 1. The van der Waals surface area contributed by atoms with Crippen LogP contribution in [0.5, 0.6) is 0 Å². The number of amides is 2. The van der Waals surface area contributed by atoms with E-state index in [2.05, 4.69) is 21.3 Å². The van der Waals surface area contributed by atoms with E-state index in [1.807, 2.05) is 28.5 Å². The molecule has 2 amide bonds. The first kappa shape index (κ1) is 24.4. The van der Waals surface area contributed by atoms with Gasteiger partial charge in [0, 0.05) is 50.3 Å². The Morgan fingerprint density at radius 3 is 2.50 bits per heavy atom. The van der Waals surface area contributed by atoms with E-state index in [0.29, 0.717) is 38.0 Å². The summed E-state index contributed by atoms with van der Waals surface area (Å²) < 4.78 is 0. The van der Waals surface area contributed by atoms with Crippen LogP contribution in [0.25, 0.3) is 0 Å². The summed E-state index contributed by atoms with van der Waals surface area (Å²) in [5.74, 6) is 0.356. The number of para-hydroxylation sites is 2. The topological polar surface area (TPSA) is 82.6 Å². The van der Waals surface area contributed by atoms with E-state index in [1.54, 1.807) is 6.92 Å². The van der Waals surface area contributed by atoms with Crippen LogP contribution in [0.15, 0.2) is 29.6 Å². The van der Waals surface area contributed by atoms with Crippen molar-refractivity contribution in [1.29, 1.82) is 0 Å². The number of nitrogens with one attached hydrogen (secondary N) is 1. The van der Waals surface area contributed by atoms with Gasteiger partial charge in [-0.1, -0.05) is 12.1 Å². The van der Waals surface area contributed by atoms with Crippen LogP contribution in [-0.4, -0.2) is 53.7 Å². The molecule has 2 aliphatic heterocycles. The van der Waals surface area contributed by atoms with Gasteiger partial charge in [-0.05, 0) is 57.6 Å². The van der Waals surface area contributed by atoms with Gasteiger partial charge < -0.3 is 19.9 Å². The molecule has 0 atom stereocenters. The Morgan fingerprint density at radius 1 is 1.03 bits per heavy atom. The van der Waals surface area contributed by atoms with Crippen molar-refractivity contribution >= 4 is 40.3 Å². The molecule has 182 valence electrons. The molecule has 2 fully saturated rings. The fourth-order valence-corrected chi connectivity index (χ4v) is 5.75. The standard InChI is InChI=1S/C26H34N4O3S/c1-19(31)8-7-11-24(32)30-16-12-20(13-17-30)26-28-22(18-34-26)25(33)27-21-9-3-4-10-23(21)29-14-5-2-6-15-29/h3-4,9-10,18,20H,2,5-8,11-17H2,1H3,(H,27,33). The van der Waals surface area contributed by atoms with E-state index in [9.17, 15) is 14.4 Å². The monoisotopic (exact) mass is 482 g/mol. The van der Waals surface area contributed by atoms with Crippen LogP contribution >= 0.6 is 11.3 Å². The van der Waals surface area contributed by atoms with Gasteiger partial charge in [0.15, 0.2) is 0 Å². The summed E-state index contributed by atoms with van der Waals surface area (Å²) in [4.78, 5) is 45.3. The fraction of sp³-hybridized carbons (Fsp3) is 0.538. The zero-order valence-corrected chi connectivity index (χ0v) is 20.7. The average molecular weight is 483 g/mol. The van der Waals surface area contributed by atoms with E-state index in [4.69, 9.17) is 0 Å².